The highest BCUT2D eigenvalue weighted by molar-refractivity contribution is 5.11. The van der Waals surface area contributed by atoms with E-state index < -0.39 is 0 Å². The van der Waals surface area contributed by atoms with Crippen LogP contribution in [-0.4, -0.2) is 38.1 Å². The first-order valence-corrected chi connectivity index (χ1v) is 3.60. The third-order valence-electron chi connectivity index (χ3n) is 2.33. The molecule has 1 unspecified atom stereocenters. The minimum atomic E-state index is 0.884. The first-order valence-electron chi connectivity index (χ1n) is 3.60. The molecule has 1 atom stereocenters. The second-order valence-corrected chi connectivity index (χ2v) is 3.18. The number of nitrogens with zero attached hydrogens (tertiary/aromatic N) is 1. The molecule has 1 N–H and O–H groups in total. The molecule has 0 aromatic rings. The summed E-state index contributed by atoms with van der Waals surface area (Å²) in [7, 11) is 2.20. The van der Waals surface area contributed by atoms with Crippen LogP contribution >= 0.6 is 0 Å². The molecule has 9 heavy (non-hydrogen) atoms. The lowest BCUT2D eigenvalue weighted by atomic mass is 10.0. The molecule has 0 saturated carbocycles. The van der Waals surface area contributed by atoms with Crippen molar-refractivity contribution in [3.63, 3.8) is 0 Å². The Balaban J connectivity index is 2.02. The SMILES string of the molecule is CN1C[C]2CNCC2C1. The lowest BCUT2D eigenvalue weighted by Gasteiger charge is -2.07. The lowest BCUT2D eigenvalue weighted by Crippen LogP contribution is -2.21. The van der Waals surface area contributed by atoms with Gasteiger partial charge in [0.15, 0.2) is 0 Å². The van der Waals surface area contributed by atoms with Crippen LogP contribution in [0.5, 0.6) is 0 Å². The maximum atomic E-state index is 3.38. The Morgan fingerprint density at radius 2 is 2.56 bits per heavy atom. The molecule has 2 aliphatic rings. The molecule has 2 heterocycles. The zero-order valence-corrected chi connectivity index (χ0v) is 5.85. The molecule has 2 aliphatic heterocycles. The Labute approximate surface area is 56.2 Å². The normalized spacial score (nSPS) is 37.7. The van der Waals surface area contributed by atoms with Gasteiger partial charge in [0.1, 0.15) is 0 Å². The monoisotopic (exact) mass is 125 g/mol. The van der Waals surface area contributed by atoms with Crippen molar-refractivity contribution in [3.8, 4) is 0 Å². The number of nitrogens with one attached hydrogen (secondary N) is 1. The largest absolute Gasteiger partial charge is 0.316 e. The van der Waals surface area contributed by atoms with Gasteiger partial charge in [-0.1, -0.05) is 0 Å². The van der Waals surface area contributed by atoms with Crippen LogP contribution in [0.2, 0.25) is 0 Å². The topological polar surface area (TPSA) is 15.3 Å². The molecule has 0 bridgehead atoms. The van der Waals surface area contributed by atoms with Crippen molar-refractivity contribution < 1.29 is 0 Å². The molecule has 0 aromatic carbocycles. The second kappa shape index (κ2) is 1.96. The van der Waals surface area contributed by atoms with Gasteiger partial charge in [-0.05, 0) is 19.5 Å². The molecule has 0 aliphatic carbocycles. The van der Waals surface area contributed by atoms with Gasteiger partial charge in [-0.2, -0.15) is 0 Å². The molecule has 0 aromatic heterocycles. The molecule has 2 heteroatoms. The van der Waals surface area contributed by atoms with Gasteiger partial charge in [-0.3, -0.25) is 0 Å². The second-order valence-electron chi connectivity index (χ2n) is 3.18. The van der Waals surface area contributed by atoms with Crippen LogP contribution in [-0.2, 0) is 0 Å². The van der Waals surface area contributed by atoms with Crippen LogP contribution in [0.4, 0.5) is 0 Å². The van der Waals surface area contributed by atoms with E-state index in [-0.39, 0.29) is 0 Å². The van der Waals surface area contributed by atoms with Crippen molar-refractivity contribution in [1.82, 2.24) is 10.2 Å². The predicted molar refractivity (Wildman–Crippen MR) is 37.1 cm³/mol. The fourth-order valence-electron chi connectivity index (χ4n) is 1.86. The molecule has 0 spiro atoms. The lowest BCUT2D eigenvalue weighted by molar-refractivity contribution is 0.389. The van der Waals surface area contributed by atoms with Crippen LogP contribution in [0.1, 0.15) is 0 Å². The number of hydrogen-bond donors (Lipinski definition) is 1. The number of rotatable bonds is 0. The van der Waals surface area contributed by atoms with E-state index in [1.165, 1.54) is 26.2 Å². The van der Waals surface area contributed by atoms with Crippen molar-refractivity contribution in [3.05, 3.63) is 5.92 Å². The molecule has 2 saturated heterocycles. The average molecular weight is 125 g/mol. The van der Waals surface area contributed by atoms with Crippen molar-refractivity contribution >= 4 is 0 Å². The zero-order chi connectivity index (χ0) is 6.27. The Morgan fingerprint density at radius 3 is 3.33 bits per heavy atom. The van der Waals surface area contributed by atoms with Gasteiger partial charge in [0.2, 0.25) is 0 Å². The summed E-state index contributed by atoms with van der Waals surface area (Å²) in [6, 6.07) is 0. The Kier molecular flexibility index (Phi) is 1.24. The Morgan fingerprint density at radius 1 is 1.67 bits per heavy atom. The fourth-order valence-corrected chi connectivity index (χ4v) is 1.86. The number of likely N-dealkylation sites (tertiary alicyclic amines) is 1. The summed E-state index contributed by atoms with van der Waals surface area (Å²) in [5.41, 5.74) is 0. The fraction of sp³-hybridized carbons (Fsp3) is 0.857. The van der Waals surface area contributed by atoms with Crippen molar-refractivity contribution in [2.24, 2.45) is 5.92 Å². The Hall–Kier alpha value is -0.0800. The van der Waals surface area contributed by atoms with E-state index in [2.05, 4.69) is 17.3 Å². The first-order chi connectivity index (χ1) is 4.36. The predicted octanol–water partition coefficient (Wildman–Crippen LogP) is -0.274. The molecular formula is C7H13N2. The summed E-state index contributed by atoms with van der Waals surface area (Å²) in [5, 5.41) is 3.38. The van der Waals surface area contributed by atoms with Gasteiger partial charge < -0.3 is 10.2 Å². The van der Waals surface area contributed by atoms with Crippen molar-refractivity contribution in [1.29, 1.82) is 0 Å². The summed E-state index contributed by atoms with van der Waals surface area (Å²) in [6.07, 6.45) is 0. The third-order valence-corrected chi connectivity index (χ3v) is 2.33. The highest BCUT2D eigenvalue weighted by Gasteiger charge is 2.34. The van der Waals surface area contributed by atoms with Crippen LogP contribution in [0.3, 0.4) is 0 Å². The van der Waals surface area contributed by atoms with Crippen LogP contribution in [0.15, 0.2) is 0 Å². The standard InChI is InChI=1S/C7H13N2/c1-9-4-6-2-8-3-7(6)5-9/h6,8H,2-5H2,1H3. The van der Waals surface area contributed by atoms with E-state index in [0.717, 1.165) is 5.92 Å². The maximum Gasteiger partial charge on any atom is 0.00917 e. The van der Waals surface area contributed by atoms with Crippen LogP contribution in [0, 0.1) is 11.8 Å². The van der Waals surface area contributed by atoms with Gasteiger partial charge in [0, 0.05) is 25.6 Å². The van der Waals surface area contributed by atoms with E-state index in [1.54, 1.807) is 5.92 Å². The molecule has 2 rings (SSSR count). The average Bonchev–Trinajstić information content (AvgIpc) is 2.22. The minimum absolute atomic E-state index is 0.884. The first kappa shape index (κ1) is 5.69. The van der Waals surface area contributed by atoms with Gasteiger partial charge >= 0.3 is 0 Å². The quantitative estimate of drug-likeness (QED) is 0.479. The van der Waals surface area contributed by atoms with Crippen molar-refractivity contribution in [2.45, 2.75) is 0 Å². The molecule has 2 nitrogen and oxygen atoms in total. The van der Waals surface area contributed by atoms with E-state index in [9.17, 15) is 0 Å². The van der Waals surface area contributed by atoms with Crippen LogP contribution < -0.4 is 5.32 Å². The minimum Gasteiger partial charge on any atom is -0.316 e. The van der Waals surface area contributed by atoms with Crippen LogP contribution in [0.25, 0.3) is 0 Å². The summed E-state index contributed by atoms with van der Waals surface area (Å²) in [5.74, 6) is 2.60. The maximum absolute atomic E-state index is 3.38. The van der Waals surface area contributed by atoms with E-state index in [0.29, 0.717) is 0 Å². The highest BCUT2D eigenvalue weighted by atomic mass is 15.2. The highest BCUT2D eigenvalue weighted by Crippen LogP contribution is 2.26. The van der Waals surface area contributed by atoms with Gasteiger partial charge in [-0.25, -0.2) is 0 Å². The van der Waals surface area contributed by atoms with Gasteiger partial charge in [-0.15, -0.1) is 0 Å². The zero-order valence-electron chi connectivity index (χ0n) is 5.85. The smallest absolute Gasteiger partial charge is 0.00917 e. The molecule has 51 valence electrons. The van der Waals surface area contributed by atoms with Gasteiger partial charge in [0.05, 0.1) is 0 Å². The van der Waals surface area contributed by atoms with E-state index in [1.807, 2.05) is 0 Å². The summed E-state index contributed by atoms with van der Waals surface area (Å²) >= 11 is 0. The van der Waals surface area contributed by atoms with E-state index in [4.69, 9.17) is 0 Å². The van der Waals surface area contributed by atoms with E-state index >= 15 is 0 Å². The number of fused-ring (bicyclic) bond motifs is 1. The summed E-state index contributed by atoms with van der Waals surface area (Å²) in [6.45, 7) is 4.91. The molecule has 2 fully saturated rings. The number of hydrogen-bond acceptors (Lipinski definition) is 2. The Bertz CT molecular complexity index is 101. The third kappa shape index (κ3) is 0.864. The molecule has 0 amide bonds. The van der Waals surface area contributed by atoms with Gasteiger partial charge in [0.25, 0.3) is 0 Å². The van der Waals surface area contributed by atoms with Crippen molar-refractivity contribution in [2.75, 3.05) is 33.2 Å². The molecule has 1 radical (unpaired) electrons. The summed E-state index contributed by atoms with van der Waals surface area (Å²) in [4.78, 5) is 2.40. The summed E-state index contributed by atoms with van der Waals surface area (Å²) < 4.78 is 0. The molecular weight excluding hydrogens is 112 g/mol.